The summed E-state index contributed by atoms with van der Waals surface area (Å²) in [6.45, 7) is 0. The molecular weight excluding hydrogens is 385 g/mol. The molecule has 0 aliphatic carbocycles. The number of carbonyl (C=O) groups excluding carboxylic acids is 1. The number of aromatic nitrogens is 3. The lowest BCUT2D eigenvalue weighted by molar-refractivity contribution is -0.274. The minimum atomic E-state index is -4.76. The number of amides is 2. The maximum absolute atomic E-state index is 12.1. The zero-order valence-electron chi connectivity index (χ0n) is 13.3. The normalized spacial score (nSPS) is 10.9. The van der Waals surface area contributed by atoms with Gasteiger partial charge in [-0.25, -0.2) is 4.79 Å². The summed E-state index contributed by atoms with van der Waals surface area (Å²) in [6, 6.07) is 9.55. The van der Waals surface area contributed by atoms with Crippen LogP contribution >= 0.6 is 11.3 Å². The molecule has 0 spiro atoms. The van der Waals surface area contributed by atoms with Crippen LogP contribution < -0.4 is 20.9 Å². The van der Waals surface area contributed by atoms with Gasteiger partial charge in [-0.05, 0) is 36.4 Å². The first-order chi connectivity index (χ1) is 12.9. The number of anilines is 2. The highest BCUT2D eigenvalue weighted by Crippen LogP contribution is 2.25. The predicted molar refractivity (Wildman–Crippen MR) is 92.0 cm³/mol. The van der Waals surface area contributed by atoms with Crippen LogP contribution in [0.15, 0.2) is 48.7 Å². The highest BCUT2D eigenvalue weighted by Gasteiger charge is 2.30. The van der Waals surface area contributed by atoms with Gasteiger partial charge in [0.25, 0.3) is 0 Å². The van der Waals surface area contributed by atoms with Crippen molar-refractivity contribution in [2.45, 2.75) is 6.36 Å². The number of alkyl halides is 3. The van der Waals surface area contributed by atoms with Crippen LogP contribution in [0.4, 0.5) is 28.8 Å². The SMILES string of the molecule is O=C(NNc1ccc(OC(F)(F)F)cc1)Nc1nnc(-c2ccccn2)s1. The molecule has 0 unspecified atom stereocenters. The zero-order chi connectivity index (χ0) is 19.3. The summed E-state index contributed by atoms with van der Waals surface area (Å²) < 4.78 is 40.0. The van der Waals surface area contributed by atoms with Gasteiger partial charge in [0.1, 0.15) is 11.4 Å². The van der Waals surface area contributed by atoms with Gasteiger partial charge in [0.2, 0.25) is 5.13 Å². The number of ether oxygens (including phenoxy) is 1. The lowest BCUT2D eigenvalue weighted by atomic mass is 10.3. The van der Waals surface area contributed by atoms with E-state index in [-0.39, 0.29) is 10.9 Å². The van der Waals surface area contributed by atoms with Gasteiger partial charge in [-0.2, -0.15) is 0 Å². The number of urea groups is 1. The molecule has 0 atom stereocenters. The fourth-order valence-electron chi connectivity index (χ4n) is 1.86. The Morgan fingerprint density at radius 2 is 1.85 bits per heavy atom. The van der Waals surface area contributed by atoms with Crippen molar-refractivity contribution in [1.82, 2.24) is 20.6 Å². The molecule has 0 radical (unpaired) electrons. The maximum Gasteiger partial charge on any atom is 0.573 e. The van der Waals surface area contributed by atoms with Gasteiger partial charge in [-0.1, -0.05) is 17.4 Å². The molecule has 0 saturated carbocycles. The monoisotopic (exact) mass is 396 g/mol. The molecule has 0 aliphatic rings. The Balaban J connectivity index is 1.51. The Hall–Kier alpha value is -3.41. The van der Waals surface area contributed by atoms with Crippen molar-refractivity contribution < 1.29 is 22.7 Å². The Morgan fingerprint density at radius 3 is 2.52 bits per heavy atom. The molecule has 1 aromatic carbocycles. The van der Waals surface area contributed by atoms with E-state index in [2.05, 4.69) is 36.1 Å². The lowest BCUT2D eigenvalue weighted by Crippen LogP contribution is -2.33. The van der Waals surface area contributed by atoms with E-state index in [0.29, 0.717) is 16.4 Å². The molecule has 12 heteroatoms. The highest BCUT2D eigenvalue weighted by atomic mass is 32.1. The molecule has 3 rings (SSSR count). The lowest BCUT2D eigenvalue weighted by Gasteiger charge is -2.11. The number of benzene rings is 1. The second-order valence-electron chi connectivity index (χ2n) is 4.90. The minimum Gasteiger partial charge on any atom is -0.406 e. The third-order valence-electron chi connectivity index (χ3n) is 2.94. The largest absolute Gasteiger partial charge is 0.573 e. The second kappa shape index (κ2) is 7.86. The number of hydrogen-bond donors (Lipinski definition) is 3. The summed E-state index contributed by atoms with van der Waals surface area (Å²) in [5, 5.41) is 11.0. The van der Waals surface area contributed by atoms with Crippen molar-refractivity contribution in [3.8, 4) is 16.5 Å². The summed E-state index contributed by atoms with van der Waals surface area (Å²) in [5.41, 5.74) is 5.84. The summed E-state index contributed by atoms with van der Waals surface area (Å²) in [7, 11) is 0. The topological polar surface area (TPSA) is 101 Å². The molecule has 2 heterocycles. The number of hydrazine groups is 1. The van der Waals surface area contributed by atoms with Crippen LogP contribution in [0.5, 0.6) is 5.75 Å². The number of nitrogens with one attached hydrogen (secondary N) is 3. The molecule has 140 valence electrons. The molecule has 0 saturated heterocycles. The Kier molecular flexibility index (Phi) is 5.35. The molecule has 2 amide bonds. The van der Waals surface area contributed by atoms with E-state index in [9.17, 15) is 18.0 Å². The first-order valence-corrected chi connectivity index (χ1v) is 8.14. The predicted octanol–water partition coefficient (Wildman–Crippen LogP) is 3.65. The van der Waals surface area contributed by atoms with E-state index in [0.717, 1.165) is 23.5 Å². The first-order valence-electron chi connectivity index (χ1n) is 7.33. The van der Waals surface area contributed by atoms with E-state index < -0.39 is 12.4 Å². The van der Waals surface area contributed by atoms with Crippen molar-refractivity contribution in [2.24, 2.45) is 0 Å². The van der Waals surface area contributed by atoms with Gasteiger partial charge in [0.05, 0.1) is 5.69 Å². The van der Waals surface area contributed by atoms with E-state index in [1.165, 1.54) is 12.1 Å². The summed E-state index contributed by atoms with van der Waals surface area (Å²) in [6.07, 6.45) is -3.14. The van der Waals surface area contributed by atoms with Crippen LogP contribution in [-0.2, 0) is 0 Å². The van der Waals surface area contributed by atoms with E-state index in [4.69, 9.17) is 0 Å². The van der Waals surface area contributed by atoms with Crippen molar-refractivity contribution >= 4 is 28.2 Å². The molecule has 27 heavy (non-hydrogen) atoms. The van der Waals surface area contributed by atoms with Crippen LogP contribution in [0.3, 0.4) is 0 Å². The quantitative estimate of drug-likeness (QED) is 0.569. The number of rotatable bonds is 5. The Morgan fingerprint density at radius 1 is 1.07 bits per heavy atom. The van der Waals surface area contributed by atoms with Gasteiger partial charge in [-0.3, -0.25) is 21.2 Å². The van der Waals surface area contributed by atoms with E-state index in [1.54, 1.807) is 24.4 Å². The second-order valence-corrected chi connectivity index (χ2v) is 5.88. The first kappa shape index (κ1) is 18.4. The molecular formula is C15H11F3N6O2S. The number of nitrogens with zero attached hydrogens (tertiary/aromatic N) is 3. The third kappa shape index (κ3) is 5.54. The van der Waals surface area contributed by atoms with E-state index >= 15 is 0 Å². The molecule has 8 nitrogen and oxygen atoms in total. The number of halogens is 3. The molecule has 3 N–H and O–H groups in total. The average Bonchev–Trinajstić information content (AvgIpc) is 3.09. The van der Waals surface area contributed by atoms with Gasteiger partial charge >= 0.3 is 12.4 Å². The minimum absolute atomic E-state index is 0.254. The maximum atomic E-state index is 12.1. The molecule has 0 bridgehead atoms. The van der Waals surface area contributed by atoms with Gasteiger partial charge in [0.15, 0.2) is 5.01 Å². The third-order valence-corrected chi connectivity index (χ3v) is 3.80. The molecule has 0 fully saturated rings. The van der Waals surface area contributed by atoms with E-state index in [1.807, 2.05) is 0 Å². The van der Waals surface area contributed by atoms with Crippen molar-refractivity contribution in [1.29, 1.82) is 0 Å². The Labute approximate surface area is 154 Å². The van der Waals surface area contributed by atoms with Crippen LogP contribution in [0, 0.1) is 0 Å². The van der Waals surface area contributed by atoms with Gasteiger partial charge in [-0.15, -0.1) is 23.4 Å². The van der Waals surface area contributed by atoms with Gasteiger partial charge in [0, 0.05) is 6.20 Å². The molecule has 0 aliphatic heterocycles. The number of pyridine rings is 1. The fourth-order valence-corrected chi connectivity index (χ4v) is 2.58. The fraction of sp³-hybridized carbons (Fsp3) is 0.0667. The van der Waals surface area contributed by atoms with Crippen LogP contribution in [0.25, 0.3) is 10.7 Å². The summed E-state index contributed by atoms with van der Waals surface area (Å²) in [5.74, 6) is -0.367. The summed E-state index contributed by atoms with van der Waals surface area (Å²) in [4.78, 5) is 16.0. The average molecular weight is 396 g/mol. The molecule has 3 aromatic rings. The van der Waals surface area contributed by atoms with Crippen molar-refractivity contribution in [2.75, 3.05) is 10.7 Å². The smallest absolute Gasteiger partial charge is 0.406 e. The summed E-state index contributed by atoms with van der Waals surface area (Å²) >= 11 is 1.14. The van der Waals surface area contributed by atoms with Crippen LogP contribution in [-0.4, -0.2) is 27.6 Å². The number of carbonyl (C=O) groups is 1. The highest BCUT2D eigenvalue weighted by molar-refractivity contribution is 7.18. The van der Waals surface area contributed by atoms with Crippen LogP contribution in [0.2, 0.25) is 0 Å². The molecule has 2 aromatic heterocycles. The van der Waals surface area contributed by atoms with Crippen molar-refractivity contribution in [3.05, 3.63) is 48.7 Å². The Bertz CT molecular complexity index is 902. The van der Waals surface area contributed by atoms with Gasteiger partial charge < -0.3 is 4.74 Å². The number of hydrogen-bond acceptors (Lipinski definition) is 7. The van der Waals surface area contributed by atoms with Crippen molar-refractivity contribution in [3.63, 3.8) is 0 Å². The van der Waals surface area contributed by atoms with Crippen LogP contribution in [0.1, 0.15) is 0 Å². The standard InChI is InChI=1S/C15H11F3N6O2S/c16-15(17,18)26-10-6-4-9(5-7-10)21-23-13(25)20-14-24-22-12(27-14)11-3-1-2-8-19-11/h1-8,21H,(H2,20,23,24,25). The zero-order valence-corrected chi connectivity index (χ0v) is 14.1.